The fourth-order valence-corrected chi connectivity index (χ4v) is 2.53. The zero-order valence-corrected chi connectivity index (χ0v) is 11.2. The van der Waals surface area contributed by atoms with E-state index in [1.54, 1.807) is 12.1 Å². The number of nitrogens with two attached hydrogens (primary N) is 2. The Morgan fingerprint density at radius 2 is 2.22 bits per heavy atom. The van der Waals surface area contributed by atoms with Crippen molar-refractivity contribution in [2.75, 3.05) is 13.1 Å². The smallest absolute Gasteiger partial charge is 0.248 e. The van der Waals surface area contributed by atoms with Crippen molar-refractivity contribution in [3.63, 3.8) is 0 Å². The third-order valence-electron chi connectivity index (χ3n) is 3.48. The Bertz CT molecular complexity index is 454. The van der Waals surface area contributed by atoms with Gasteiger partial charge in [-0.1, -0.05) is 24.6 Å². The summed E-state index contributed by atoms with van der Waals surface area (Å²) in [4.78, 5) is 13.3. The van der Waals surface area contributed by atoms with Crippen molar-refractivity contribution in [3.05, 3.63) is 34.3 Å². The van der Waals surface area contributed by atoms with Gasteiger partial charge in [-0.3, -0.25) is 9.69 Å². The predicted octanol–water partition coefficient (Wildman–Crippen LogP) is 1.22. The van der Waals surface area contributed by atoms with Gasteiger partial charge in [0.15, 0.2) is 0 Å². The maximum absolute atomic E-state index is 11.0. The molecule has 1 heterocycles. The SMILES string of the molecule is CC1CN(Cc2ccc(C(N)=O)cc2Cl)CC1N. The molecule has 0 aromatic heterocycles. The molecule has 98 valence electrons. The highest BCUT2D eigenvalue weighted by molar-refractivity contribution is 6.31. The van der Waals surface area contributed by atoms with Crippen molar-refractivity contribution < 1.29 is 4.79 Å². The Morgan fingerprint density at radius 3 is 2.72 bits per heavy atom. The van der Waals surface area contributed by atoms with E-state index in [-0.39, 0.29) is 6.04 Å². The minimum Gasteiger partial charge on any atom is -0.366 e. The summed E-state index contributed by atoms with van der Waals surface area (Å²) in [6.07, 6.45) is 0. The molecule has 2 rings (SSSR count). The van der Waals surface area contributed by atoms with Gasteiger partial charge in [0.1, 0.15) is 0 Å². The van der Waals surface area contributed by atoms with Crippen LogP contribution in [0.2, 0.25) is 5.02 Å². The van der Waals surface area contributed by atoms with Crippen molar-refractivity contribution in [1.29, 1.82) is 0 Å². The topological polar surface area (TPSA) is 72.3 Å². The molecule has 0 radical (unpaired) electrons. The van der Waals surface area contributed by atoms with E-state index in [2.05, 4.69) is 11.8 Å². The summed E-state index contributed by atoms with van der Waals surface area (Å²) in [5.74, 6) is 0.0499. The van der Waals surface area contributed by atoms with Crippen molar-refractivity contribution in [1.82, 2.24) is 4.90 Å². The Labute approximate surface area is 112 Å². The first-order chi connectivity index (χ1) is 8.47. The number of benzene rings is 1. The molecule has 4 nitrogen and oxygen atoms in total. The fraction of sp³-hybridized carbons (Fsp3) is 0.462. The van der Waals surface area contributed by atoms with Crippen LogP contribution in [0.4, 0.5) is 0 Å². The Morgan fingerprint density at radius 1 is 1.50 bits per heavy atom. The largest absolute Gasteiger partial charge is 0.366 e. The monoisotopic (exact) mass is 267 g/mol. The minimum atomic E-state index is -0.458. The van der Waals surface area contributed by atoms with Crippen LogP contribution in [0.25, 0.3) is 0 Å². The van der Waals surface area contributed by atoms with Crippen molar-refractivity contribution in [2.24, 2.45) is 17.4 Å². The molecule has 0 saturated carbocycles. The number of likely N-dealkylation sites (tertiary alicyclic amines) is 1. The summed E-state index contributed by atoms with van der Waals surface area (Å²) in [6, 6.07) is 5.42. The molecule has 0 bridgehead atoms. The van der Waals surface area contributed by atoms with E-state index in [0.29, 0.717) is 16.5 Å². The third kappa shape index (κ3) is 2.83. The Hall–Kier alpha value is -1.10. The molecule has 0 aliphatic carbocycles. The number of amides is 1. The second kappa shape index (κ2) is 5.26. The van der Waals surface area contributed by atoms with Crippen LogP contribution >= 0.6 is 11.6 Å². The van der Waals surface area contributed by atoms with Crippen molar-refractivity contribution in [2.45, 2.75) is 19.5 Å². The molecule has 2 unspecified atom stereocenters. The number of rotatable bonds is 3. The number of primary amides is 1. The zero-order valence-electron chi connectivity index (χ0n) is 10.4. The number of halogens is 1. The standard InChI is InChI=1S/C13H18ClN3O/c1-8-5-17(7-12(8)15)6-10-3-2-9(13(16)18)4-11(10)14/h2-4,8,12H,5-7,15H2,1H3,(H2,16,18). The lowest BCUT2D eigenvalue weighted by atomic mass is 10.1. The highest BCUT2D eigenvalue weighted by Crippen LogP contribution is 2.23. The van der Waals surface area contributed by atoms with Crippen LogP contribution in [0, 0.1) is 5.92 Å². The summed E-state index contributed by atoms with van der Waals surface area (Å²) in [5.41, 5.74) is 12.6. The second-order valence-corrected chi connectivity index (χ2v) is 5.41. The molecule has 1 aliphatic heterocycles. The quantitative estimate of drug-likeness (QED) is 0.865. The van der Waals surface area contributed by atoms with Crippen LogP contribution in [0.5, 0.6) is 0 Å². The maximum atomic E-state index is 11.0. The summed E-state index contributed by atoms with van der Waals surface area (Å²) in [7, 11) is 0. The van der Waals surface area contributed by atoms with Crippen LogP contribution in [0.1, 0.15) is 22.8 Å². The molecule has 1 aliphatic rings. The second-order valence-electron chi connectivity index (χ2n) is 5.01. The van der Waals surface area contributed by atoms with Crippen molar-refractivity contribution >= 4 is 17.5 Å². The lowest BCUT2D eigenvalue weighted by Crippen LogP contribution is -2.28. The molecular weight excluding hydrogens is 250 g/mol. The van der Waals surface area contributed by atoms with E-state index in [0.717, 1.165) is 25.2 Å². The molecule has 1 amide bonds. The Balaban J connectivity index is 2.08. The van der Waals surface area contributed by atoms with Gasteiger partial charge in [0, 0.05) is 36.3 Å². The maximum Gasteiger partial charge on any atom is 0.248 e. The molecule has 2 atom stereocenters. The van der Waals surface area contributed by atoms with Gasteiger partial charge in [0.2, 0.25) is 5.91 Å². The zero-order chi connectivity index (χ0) is 13.3. The van der Waals surface area contributed by atoms with Crippen LogP contribution in [-0.2, 0) is 6.54 Å². The first-order valence-electron chi connectivity index (χ1n) is 6.03. The minimum absolute atomic E-state index is 0.230. The molecule has 1 saturated heterocycles. The van der Waals surface area contributed by atoms with Crippen LogP contribution < -0.4 is 11.5 Å². The summed E-state index contributed by atoms with van der Waals surface area (Å²) < 4.78 is 0. The van der Waals surface area contributed by atoms with Gasteiger partial charge in [0.05, 0.1) is 0 Å². The van der Waals surface area contributed by atoms with Crippen LogP contribution in [0.15, 0.2) is 18.2 Å². The van der Waals surface area contributed by atoms with E-state index in [1.165, 1.54) is 0 Å². The Kier molecular flexibility index (Phi) is 3.90. The molecule has 18 heavy (non-hydrogen) atoms. The summed E-state index contributed by atoms with van der Waals surface area (Å²) >= 11 is 6.16. The lowest BCUT2D eigenvalue weighted by Gasteiger charge is -2.16. The van der Waals surface area contributed by atoms with Crippen LogP contribution in [-0.4, -0.2) is 29.9 Å². The van der Waals surface area contributed by atoms with Gasteiger partial charge >= 0.3 is 0 Å². The number of carbonyl (C=O) groups is 1. The number of nitrogens with zero attached hydrogens (tertiary/aromatic N) is 1. The third-order valence-corrected chi connectivity index (χ3v) is 3.83. The van der Waals surface area contributed by atoms with Gasteiger partial charge in [-0.2, -0.15) is 0 Å². The summed E-state index contributed by atoms with van der Waals surface area (Å²) in [6.45, 7) is 4.78. The first kappa shape index (κ1) is 13.3. The summed E-state index contributed by atoms with van der Waals surface area (Å²) in [5, 5.41) is 0.583. The molecule has 1 aromatic carbocycles. The van der Waals surface area contributed by atoms with Gasteiger partial charge in [-0.05, 0) is 23.6 Å². The highest BCUT2D eigenvalue weighted by atomic mass is 35.5. The average Bonchev–Trinajstić information content (AvgIpc) is 2.61. The van der Waals surface area contributed by atoms with E-state index in [4.69, 9.17) is 23.1 Å². The van der Waals surface area contributed by atoms with E-state index < -0.39 is 5.91 Å². The molecule has 4 N–H and O–H groups in total. The van der Waals surface area contributed by atoms with Crippen molar-refractivity contribution in [3.8, 4) is 0 Å². The van der Waals surface area contributed by atoms with E-state index in [9.17, 15) is 4.79 Å². The van der Waals surface area contributed by atoms with Crippen LogP contribution in [0.3, 0.4) is 0 Å². The van der Waals surface area contributed by atoms with E-state index >= 15 is 0 Å². The van der Waals surface area contributed by atoms with E-state index in [1.807, 2.05) is 6.07 Å². The van der Waals surface area contributed by atoms with Gasteiger partial charge in [-0.25, -0.2) is 0 Å². The lowest BCUT2D eigenvalue weighted by molar-refractivity contribution is 0.100. The predicted molar refractivity (Wildman–Crippen MR) is 72.4 cm³/mol. The normalized spacial score (nSPS) is 24.4. The number of carbonyl (C=O) groups excluding carboxylic acids is 1. The van der Waals surface area contributed by atoms with Gasteiger partial charge in [-0.15, -0.1) is 0 Å². The van der Waals surface area contributed by atoms with Gasteiger partial charge in [0.25, 0.3) is 0 Å². The van der Waals surface area contributed by atoms with Gasteiger partial charge < -0.3 is 11.5 Å². The molecule has 1 fully saturated rings. The average molecular weight is 268 g/mol. The molecule has 0 spiro atoms. The fourth-order valence-electron chi connectivity index (χ4n) is 2.29. The first-order valence-corrected chi connectivity index (χ1v) is 6.41. The highest BCUT2D eigenvalue weighted by Gasteiger charge is 2.26. The number of hydrogen-bond donors (Lipinski definition) is 2. The molecular formula is C13H18ClN3O. The molecule has 1 aromatic rings. The molecule has 5 heteroatoms. The number of hydrogen-bond acceptors (Lipinski definition) is 3.